The van der Waals surface area contributed by atoms with Gasteiger partial charge in [0.2, 0.25) is 5.95 Å². The molecule has 0 aliphatic rings. The topological polar surface area (TPSA) is 57.8 Å². The molecule has 2 aromatic rings. The van der Waals surface area contributed by atoms with E-state index < -0.39 is 0 Å². The molecule has 0 fully saturated rings. The van der Waals surface area contributed by atoms with Gasteiger partial charge in [0, 0.05) is 6.42 Å². The van der Waals surface area contributed by atoms with Crippen LogP contribution in [0.5, 0.6) is 0 Å². The Morgan fingerprint density at radius 3 is 2.81 bits per heavy atom. The maximum absolute atomic E-state index is 11.7. The van der Waals surface area contributed by atoms with Crippen molar-refractivity contribution in [1.29, 1.82) is 0 Å². The number of benzene rings is 1. The Bertz CT molecular complexity index is 665. The minimum absolute atomic E-state index is 0.320. The Morgan fingerprint density at radius 2 is 2.05 bits per heavy atom. The second-order valence-electron chi connectivity index (χ2n) is 5.25. The van der Waals surface area contributed by atoms with Gasteiger partial charge in [0.05, 0.1) is 11.0 Å². The molecule has 0 saturated carbocycles. The van der Waals surface area contributed by atoms with Gasteiger partial charge < -0.3 is 4.98 Å². The van der Waals surface area contributed by atoms with Crippen molar-refractivity contribution in [3.63, 3.8) is 0 Å². The van der Waals surface area contributed by atoms with Crippen LogP contribution < -0.4 is 5.32 Å². The molecule has 0 aliphatic heterocycles. The van der Waals surface area contributed by atoms with Crippen LogP contribution in [0.25, 0.3) is 11.0 Å². The second-order valence-corrected chi connectivity index (χ2v) is 5.25. The standard InChI is InChI=1S/C17H21N3O/c1-4-5-6-7-8-9-16(21)20-17-18-14-10-12(2)13(3)11-15(14)19-17/h10-11H,4-7H2,1-3H3,(H2,18,19,20,21). The first-order chi connectivity index (χ1) is 10.1. The summed E-state index contributed by atoms with van der Waals surface area (Å²) in [7, 11) is 0. The van der Waals surface area contributed by atoms with E-state index in [1.165, 1.54) is 11.1 Å². The number of amides is 1. The van der Waals surface area contributed by atoms with Gasteiger partial charge in [-0.15, -0.1) is 0 Å². The van der Waals surface area contributed by atoms with E-state index >= 15 is 0 Å². The molecule has 0 saturated heterocycles. The van der Waals surface area contributed by atoms with Crippen molar-refractivity contribution in [2.24, 2.45) is 0 Å². The quantitative estimate of drug-likeness (QED) is 0.664. The number of carbonyl (C=O) groups is 1. The average molecular weight is 283 g/mol. The third kappa shape index (κ3) is 4.09. The third-order valence-corrected chi connectivity index (χ3v) is 3.44. The molecule has 0 atom stereocenters. The molecule has 21 heavy (non-hydrogen) atoms. The van der Waals surface area contributed by atoms with Crippen LogP contribution in [0.3, 0.4) is 0 Å². The zero-order valence-electron chi connectivity index (χ0n) is 12.8. The number of nitrogens with zero attached hydrogens (tertiary/aromatic N) is 1. The van der Waals surface area contributed by atoms with E-state index in [0.29, 0.717) is 5.95 Å². The molecule has 2 N–H and O–H groups in total. The summed E-state index contributed by atoms with van der Waals surface area (Å²) < 4.78 is 0. The maximum Gasteiger partial charge on any atom is 0.302 e. The van der Waals surface area contributed by atoms with E-state index in [9.17, 15) is 4.79 Å². The monoisotopic (exact) mass is 283 g/mol. The number of hydrogen-bond donors (Lipinski definition) is 2. The van der Waals surface area contributed by atoms with Gasteiger partial charge in [0.25, 0.3) is 0 Å². The van der Waals surface area contributed by atoms with Gasteiger partial charge in [-0.05, 0) is 49.4 Å². The molecular formula is C17H21N3O. The number of imidazole rings is 1. The van der Waals surface area contributed by atoms with Crippen LogP contribution in [0.1, 0.15) is 43.7 Å². The van der Waals surface area contributed by atoms with Crippen LogP contribution in [0, 0.1) is 25.7 Å². The predicted octanol–water partition coefficient (Wildman–Crippen LogP) is 3.70. The van der Waals surface area contributed by atoms with Crippen molar-refractivity contribution in [3.8, 4) is 11.8 Å². The van der Waals surface area contributed by atoms with Gasteiger partial charge in [0.15, 0.2) is 0 Å². The van der Waals surface area contributed by atoms with Crippen molar-refractivity contribution < 1.29 is 4.79 Å². The van der Waals surface area contributed by atoms with Crippen molar-refractivity contribution in [2.45, 2.75) is 46.5 Å². The van der Waals surface area contributed by atoms with Crippen LogP contribution in [0.2, 0.25) is 0 Å². The summed E-state index contributed by atoms with van der Waals surface area (Å²) in [5.41, 5.74) is 4.15. The lowest BCUT2D eigenvalue weighted by Crippen LogP contribution is -2.09. The number of hydrogen-bond acceptors (Lipinski definition) is 2. The van der Waals surface area contributed by atoms with Gasteiger partial charge in [-0.25, -0.2) is 4.98 Å². The SMILES string of the molecule is CCCCCC#CC(=O)Nc1nc2cc(C)c(C)cc2[nH]1. The minimum atomic E-state index is -0.320. The van der Waals surface area contributed by atoms with E-state index in [2.05, 4.69) is 41.0 Å². The highest BCUT2D eigenvalue weighted by atomic mass is 16.1. The van der Waals surface area contributed by atoms with Crippen molar-refractivity contribution in [2.75, 3.05) is 5.32 Å². The van der Waals surface area contributed by atoms with Gasteiger partial charge in [-0.1, -0.05) is 25.7 Å². The molecule has 2 rings (SSSR count). The summed E-state index contributed by atoms with van der Waals surface area (Å²) in [6.45, 7) is 6.24. The number of anilines is 1. The average Bonchev–Trinajstić information content (AvgIpc) is 2.80. The van der Waals surface area contributed by atoms with E-state index in [1.54, 1.807) is 0 Å². The summed E-state index contributed by atoms with van der Waals surface area (Å²) in [5, 5.41) is 2.68. The fourth-order valence-electron chi connectivity index (χ4n) is 2.07. The fourth-order valence-corrected chi connectivity index (χ4v) is 2.07. The lowest BCUT2D eigenvalue weighted by molar-refractivity contribution is -0.111. The molecule has 4 nitrogen and oxygen atoms in total. The van der Waals surface area contributed by atoms with Crippen molar-refractivity contribution in [3.05, 3.63) is 23.3 Å². The summed E-state index contributed by atoms with van der Waals surface area (Å²) in [4.78, 5) is 19.2. The number of carbonyl (C=O) groups excluding carboxylic acids is 1. The molecule has 4 heteroatoms. The molecule has 110 valence electrons. The Kier molecular flexibility index (Phi) is 4.99. The molecule has 0 aliphatic carbocycles. The molecule has 0 bridgehead atoms. The van der Waals surface area contributed by atoms with Crippen molar-refractivity contribution in [1.82, 2.24) is 9.97 Å². The largest absolute Gasteiger partial charge is 0.324 e. The smallest absolute Gasteiger partial charge is 0.302 e. The first-order valence-corrected chi connectivity index (χ1v) is 7.37. The summed E-state index contributed by atoms with van der Waals surface area (Å²) in [6, 6.07) is 4.04. The maximum atomic E-state index is 11.7. The van der Waals surface area contributed by atoms with E-state index in [-0.39, 0.29) is 5.91 Å². The number of aryl methyl sites for hydroxylation is 2. The highest BCUT2D eigenvalue weighted by Gasteiger charge is 2.06. The molecule has 1 aromatic heterocycles. The number of aromatic amines is 1. The van der Waals surface area contributed by atoms with Crippen LogP contribution in [0.4, 0.5) is 5.95 Å². The Morgan fingerprint density at radius 1 is 1.29 bits per heavy atom. The van der Waals surface area contributed by atoms with Crippen LogP contribution in [-0.4, -0.2) is 15.9 Å². The summed E-state index contributed by atoms with van der Waals surface area (Å²) >= 11 is 0. The van der Waals surface area contributed by atoms with Crippen molar-refractivity contribution >= 4 is 22.9 Å². The zero-order chi connectivity index (χ0) is 15.2. The predicted molar refractivity (Wildman–Crippen MR) is 86.1 cm³/mol. The fraction of sp³-hybridized carbons (Fsp3) is 0.412. The van der Waals surface area contributed by atoms with Crippen LogP contribution in [-0.2, 0) is 4.79 Å². The first-order valence-electron chi connectivity index (χ1n) is 7.37. The third-order valence-electron chi connectivity index (χ3n) is 3.44. The Balaban J connectivity index is 2.01. The number of aromatic nitrogens is 2. The zero-order valence-corrected chi connectivity index (χ0v) is 12.8. The number of fused-ring (bicyclic) bond motifs is 1. The number of rotatable bonds is 4. The highest BCUT2D eigenvalue weighted by molar-refractivity contribution is 6.03. The van der Waals surface area contributed by atoms with Crippen LogP contribution in [0.15, 0.2) is 12.1 Å². The molecule has 1 heterocycles. The minimum Gasteiger partial charge on any atom is -0.324 e. The van der Waals surface area contributed by atoms with E-state index in [0.717, 1.165) is 36.7 Å². The Labute approximate surface area is 125 Å². The van der Waals surface area contributed by atoms with Crippen LogP contribution >= 0.6 is 0 Å². The molecule has 1 amide bonds. The summed E-state index contributed by atoms with van der Waals surface area (Å²) in [5.74, 6) is 5.61. The first kappa shape index (κ1) is 15.1. The lowest BCUT2D eigenvalue weighted by Gasteiger charge is -1.97. The van der Waals surface area contributed by atoms with E-state index in [1.807, 2.05) is 19.1 Å². The number of nitrogens with one attached hydrogen (secondary N) is 2. The number of unbranched alkanes of at least 4 members (excludes halogenated alkanes) is 3. The summed E-state index contributed by atoms with van der Waals surface area (Å²) in [6.07, 6.45) is 4.12. The van der Waals surface area contributed by atoms with Gasteiger partial charge in [-0.3, -0.25) is 10.1 Å². The Hall–Kier alpha value is -2.28. The molecule has 0 spiro atoms. The van der Waals surface area contributed by atoms with Gasteiger partial charge in [-0.2, -0.15) is 0 Å². The lowest BCUT2D eigenvalue weighted by atomic mass is 10.1. The molecule has 1 aromatic carbocycles. The normalized spacial score (nSPS) is 10.2. The molecule has 0 unspecified atom stereocenters. The van der Waals surface area contributed by atoms with Gasteiger partial charge in [0.1, 0.15) is 0 Å². The highest BCUT2D eigenvalue weighted by Crippen LogP contribution is 2.18. The van der Waals surface area contributed by atoms with E-state index in [4.69, 9.17) is 0 Å². The number of H-pyrrole nitrogens is 1. The second kappa shape index (κ2) is 6.94. The molecular weight excluding hydrogens is 262 g/mol. The van der Waals surface area contributed by atoms with Gasteiger partial charge >= 0.3 is 5.91 Å². The molecule has 0 radical (unpaired) electrons.